The predicted octanol–water partition coefficient (Wildman–Crippen LogP) is 4.82. The molecule has 8 nitrogen and oxygen atoms in total. The zero-order valence-electron chi connectivity index (χ0n) is 16.7. The van der Waals surface area contributed by atoms with Crippen molar-refractivity contribution in [3.05, 3.63) is 104 Å². The van der Waals surface area contributed by atoms with E-state index < -0.39 is 29.3 Å². The Morgan fingerprint density at radius 3 is 2.16 bits per heavy atom. The molecule has 3 aromatic rings. The standard InChI is InChI=1S/C23H16ClNO7/c1-14-2-4-16(5-3-14)22(27)32-18-9-6-15(7-10-18)21(26)13-31-23(28)19-12-17(25(29)30)8-11-20(19)24/h2-12H,13H2,1H3. The van der Waals surface area contributed by atoms with E-state index in [1.54, 1.807) is 24.3 Å². The second kappa shape index (κ2) is 9.84. The Labute approximate surface area is 187 Å². The maximum atomic E-state index is 12.3. The maximum absolute atomic E-state index is 12.3. The van der Waals surface area contributed by atoms with Crippen molar-refractivity contribution < 1.29 is 28.8 Å². The molecule has 0 N–H and O–H groups in total. The van der Waals surface area contributed by atoms with E-state index in [4.69, 9.17) is 21.1 Å². The van der Waals surface area contributed by atoms with Gasteiger partial charge >= 0.3 is 11.9 Å². The van der Waals surface area contributed by atoms with E-state index in [9.17, 15) is 24.5 Å². The monoisotopic (exact) mass is 453 g/mol. The number of halogens is 1. The highest BCUT2D eigenvalue weighted by Crippen LogP contribution is 2.23. The Morgan fingerprint density at radius 1 is 0.906 bits per heavy atom. The normalized spacial score (nSPS) is 10.3. The SMILES string of the molecule is Cc1ccc(C(=O)Oc2ccc(C(=O)COC(=O)c3cc([N+](=O)[O-])ccc3Cl)cc2)cc1. The summed E-state index contributed by atoms with van der Waals surface area (Å²) in [6.07, 6.45) is 0. The molecule has 0 aliphatic rings. The Bertz CT molecular complexity index is 1190. The van der Waals surface area contributed by atoms with Crippen LogP contribution in [0.4, 0.5) is 5.69 Å². The molecule has 0 heterocycles. The van der Waals surface area contributed by atoms with Gasteiger partial charge in [-0.1, -0.05) is 29.3 Å². The van der Waals surface area contributed by atoms with Crippen LogP contribution >= 0.6 is 11.6 Å². The van der Waals surface area contributed by atoms with Crippen molar-refractivity contribution in [2.45, 2.75) is 6.92 Å². The van der Waals surface area contributed by atoms with E-state index in [0.29, 0.717) is 5.56 Å². The molecular formula is C23H16ClNO7. The van der Waals surface area contributed by atoms with Crippen LogP contribution in [0.25, 0.3) is 0 Å². The number of hydrogen-bond acceptors (Lipinski definition) is 7. The van der Waals surface area contributed by atoms with Crippen molar-refractivity contribution in [3.8, 4) is 5.75 Å². The van der Waals surface area contributed by atoms with Crippen LogP contribution in [0, 0.1) is 17.0 Å². The topological polar surface area (TPSA) is 113 Å². The highest BCUT2D eigenvalue weighted by atomic mass is 35.5. The quantitative estimate of drug-likeness (QED) is 0.166. The molecule has 3 rings (SSSR count). The summed E-state index contributed by atoms with van der Waals surface area (Å²) in [6, 6.07) is 16.0. The molecule has 0 fully saturated rings. The first-order valence-electron chi connectivity index (χ1n) is 9.28. The molecule has 0 amide bonds. The number of non-ortho nitro benzene ring substituents is 1. The molecular weight excluding hydrogens is 438 g/mol. The van der Waals surface area contributed by atoms with Gasteiger partial charge in [0.2, 0.25) is 0 Å². The third kappa shape index (κ3) is 5.55. The van der Waals surface area contributed by atoms with Crippen molar-refractivity contribution in [1.82, 2.24) is 0 Å². The third-order valence-electron chi connectivity index (χ3n) is 4.39. The Hall–Kier alpha value is -4.04. The number of benzene rings is 3. The molecule has 0 saturated heterocycles. The fourth-order valence-electron chi connectivity index (χ4n) is 2.64. The molecule has 0 unspecified atom stereocenters. The Balaban J connectivity index is 1.59. The van der Waals surface area contributed by atoms with Crippen molar-refractivity contribution in [1.29, 1.82) is 0 Å². The lowest BCUT2D eigenvalue weighted by Gasteiger charge is -2.07. The molecule has 0 spiro atoms. The molecule has 0 radical (unpaired) electrons. The number of carbonyl (C=O) groups is 3. The van der Waals surface area contributed by atoms with Gasteiger partial charge in [0.15, 0.2) is 12.4 Å². The van der Waals surface area contributed by atoms with Crippen molar-refractivity contribution in [2.75, 3.05) is 6.61 Å². The fraction of sp³-hybridized carbons (Fsp3) is 0.0870. The van der Waals surface area contributed by atoms with Gasteiger partial charge in [0.1, 0.15) is 5.75 Å². The van der Waals surface area contributed by atoms with Gasteiger partial charge in [-0.05, 0) is 49.4 Å². The molecule has 9 heteroatoms. The smallest absolute Gasteiger partial charge is 0.343 e. The lowest BCUT2D eigenvalue weighted by molar-refractivity contribution is -0.384. The highest BCUT2D eigenvalue weighted by Gasteiger charge is 2.19. The van der Waals surface area contributed by atoms with Gasteiger partial charge in [-0.2, -0.15) is 0 Å². The zero-order valence-corrected chi connectivity index (χ0v) is 17.5. The van der Waals surface area contributed by atoms with Crippen LogP contribution in [0.3, 0.4) is 0 Å². The van der Waals surface area contributed by atoms with Crippen LogP contribution in [-0.2, 0) is 4.74 Å². The Morgan fingerprint density at radius 2 is 1.53 bits per heavy atom. The van der Waals surface area contributed by atoms with Gasteiger partial charge in [-0.25, -0.2) is 9.59 Å². The van der Waals surface area contributed by atoms with Crippen LogP contribution in [0.2, 0.25) is 5.02 Å². The molecule has 0 atom stereocenters. The molecule has 32 heavy (non-hydrogen) atoms. The average molecular weight is 454 g/mol. The number of esters is 2. The highest BCUT2D eigenvalue weighted by molar-refractivity contribution is 6.33. The third-order valence-corrected chi connectivity index (χ3v) is 4.72. The number of hydrogen-bond donors (Lipinski definition) is 0. The predicted molar refractivity (Wildman–Crippen MR) is 115 cm³/mol. The van der Waals surface area contributed by atoms with E-state index in [1.807, 2.05) is 6.92 Å². The van der Waals surface area contributed by atoms with Crippen LogP contribution in [0.1, 0.15) is 36.6 Å². The van der Waals surface area contributed by atoms with E-state index >= 15 is 0 Å². The minimum Gasteiger partial charge on any atom is -0.454 e. The fourth-order valence-corrected chi connectivity index (χ4v) is 2.83. The maximum Gasteiger partial charge on any atom is 0.343 e. The van der Waals surface area contributed by atoms with E-state index in [-0.39, 0.29) is 27.6 Å². The largest absolute Gasteiger partial charge is 0.454 e. The minimum atomic E-state index is -0.962. The second-order valence-electron chi connectivity index (χ2n) is 6.70. The summed E-state index contributed by atoms with van der Waals surface area (Å²) >= 11 is 5.89. The van der Waals surface area contributed by atoms with E-state index in [2.05, 4.69) is 0 Å². The summed E-state index contributed by atoms with van der Waals surface area (Å²) in [5.41, 5.74) is 1.08. The first-order chi connectivity index (χ1) is 15.2. The van der Waals surface area contributed by atoms with Crippen LogP contribution in [0.15, 0.2) is 66.7 Å². The number of aryl methyl sites for hydroxylation is 1. The lowest BCUT2D eigenvalue weighted by Crippen LogP contribution is -2.15. The Kier molecular flexibility index (Phi) is 6.97. The van der Waals surface area contributed by atoms with Gasteiger partial charge in [0.05, 0.1) is 21.1 Å². The van der Waals surface area contributed by atoms with Gasteiger partial charge in [0.25, 0.3) is 5.69 Å². The van der Waals surface area contributed by atoms with Crippen LogP contribution in [-0.4, -0.2) is 29.3 Å². The van der Waals surface area contributed by atoms with Crippen LogP contribution < -0.4 is 4.74 Å². The first kappa shape index (κ1) is 22.6. The summed E-state index contributed by atoms with van der Waals surface area (Å²) in [4.78, 5) is 46.8. The zero-order chi connectivity index (χ0) is 23.3. The second-order valence-corrected chi connectivity index (χ2v) is 7.11. The molecule has 0 saturated carbocycles. The van der Waals surface area contributed by atoms with Crippen molar-refractivity contribution in [2.24, 2.45) is 0 Å². The van der Waals surface area contributed by atoms with Gasteiger partial charge in [0, 0.05) is 17.7 Å². The number of ketones is 1. The van der Waals surface area contributed by atoms with Gasteiger partial charge in [-0.3, -0.25) is 14.9 Å². The number of nitrogens with zero attached hydrogens (tertiary/aromatic N) is 1. The molecule has 3 aromatic carbocycles. The number of nitro groups is 1. The molecule has 0 aromatic heterocycles. The summed E-state index contributed by atoms with van der Waals surface area (Å²) in [6.45, 7) is 1.31. The molecule has 0 aliphatic heterocycles. The number of nitro benzene ring substituents is 1. The van der Waals surface area contributed by atoms with Gasteiger partial charge < -0.3 is 9.47 Å². The van der Waals surface area contributed by atoms with Crippen LogP contribution in [0.5, 0.6) is 5.75 Å². The van der Waals surface area contributed by atoms with Gasteiger partial charge in [-0.15, -0.1) is 0 Å². The number of carbonyl (C=O) groups excluding carboxylic acids is 3. The number of Topliss-reactive ketones (excluding diaryl/α,β-unsaturated/α-hetero) is 1. The van der Waals surface area contributed by atoms with E-state index in [0.717, 1.165) is 17.7 Å². The summed E-state index contributed by atoms with van der Waals surface area (Å²) in [5.74, 6) is -1.77. The molecule has 162 valence electrons. The van der Waals surface area contributed by atoms with E-state index in [1.165, 1.54) is 30.3 Å². The summed E-state index contributed by atoms with van der Waals surface area (Å²) < 4.78 is 10.2. The van der Waals surface area contributed by atoms with Crippen molar-refractivity contribution in [3.63, 3.8) is 0 Å². The first-order valence-corrected chi connectivity index (χ1v) is 9.65. The number of ether oxygens (including phenoxy) is 2. The summed E-state index contributed by atoms with van der Waals surface area (Å²) in [5, 5.41) is 10.8. The summed E-state index contributed by atoms with van der Waals surface area (Å²) in [7, 11) is 0. The lowest BCUT2D eigenvalue weighted by atomic mass is 10.1. The molecule has 0 aliphatic carbocycles. The minimum absolute atomic E-state index is 0.0344. The van der Waals surface area contributed by atoms with Crippen molar-refractivity contribution >= 4 is 35.0 Å². The molecule has 0 bridgehead atoms. The average Bonchev–Trinajstić information content (AvgIpc) is 2.78. The number of rotatable bonds is 7.